The fraction of sp³-hybridized carbons (Fsp3) is 0.316. The van der Waals surface area contributed by atoms with E-state index in [9.17, 15) is 24.3 Å². The second-order valence-electron chi connectivity index (χ2n) is 6.09. The Hall–Kier alpha value is -3.49. The van der Waals surface area contributed by atoms with Gasteiger partial charge in [0.05, 0.1) is 25.3 Å². The van der Waals surface area contributed by atoms with E-state index in [1.807, 2.05) is 0 Å². The van der Waals surface area contributed by atoms with Gasteiger partial charge in [0.15, 0.2) is 5.92 Å². The summed E-state index contributed by atoms with van der Waals surface area (Å²) in [5.41, 5.74) is 0.823. The minimum absolute atomic E-state index is 0.143. The van der Waals surface area contributed by atoms with E-state index in [4.69, 9.17) is 0 Å². The van der Waals surface area contributed by atoms with Crippen molar-refractivity contribution < 1.29 is 33.8 Å². The summed E-state index contributed by atoms with van der Waals surface area (Å²) in [6.45, 7) is 1.34. The van der Waals surface area contributed by atoms with Crippen LogP contribution in [0, 0.1) is 11.8 Å². The smallest absolute Gasteiger partial charge is 0.326 e. The molecule has 9 nitrogen and oxygen atoms in total. The molecule has 0 fully saturated rings. The molecule has 2 atom stereocenters. The summed E-state index contributed by atoms with van der Waals surface area (Å²) in [7, 11) is 2.14. The third-order valence-electron chi connectivity index (χ3n) is 4.37. The van der Waals surface area contributed by atoms with Crippen LogP contribution in [-0.4, -0.2) is 54.2 Å². The Morgan fingerprint density at radius 3 is 2.25 bits per heavy atom. The highest BCUT2D eigenvalue weighted by atomic mass is 16.5. The third-order valence-corrected chi connectivity index (χ3v) is 4.37. The molecule has 0 radical (unpaired) electrons. The Morgan fingerprint density at radius 1 is 1.07 bits per heavy atom. The highest BCUT2D eigenvalue weighted by molar-refractivity contribution is 6.00. The highest BCUT2D eigenvalue weighted by Crippen LogP contribution is 2.20. The average molecular weight is 388 g/mol. The summed E-state index contributed by atoms with van der Waals surface area (Å²) in [6.07, 6.45) is 1.32. The van der Waals surface area contributed by atoms with Crippen LogP contribution in [0.5, 0.6) is 0 Å². The van der Waals surface area contributed by atoms with E-state index in [1.165, 1.54) is 13.1 Å². The average Bonchev–Trinajstić information content (AvgIpc) is 2.70. The zero-order valence-electron chi connectivity index (χ0n) is 15.5. The van der Waals surface area contributed by atoms with E-state index in [-0.39, 0.29) is 5.56 Å². The van der Waals surface area contributed by atoms with Crippen molar-refractivity contribution >= 4 is 34.7 Å². The number of esters is 2. The van der Waals surface area contributed by atoms with E-state index >= 15 is 0 Å². The Balaban J connectivity index is 2.29. The maximum Gasteiger partial charge on any atom is 0.326 e. The molecule has 9 heteroatoms. The molecule has 2 aromatic rings. The summed E-state index contributed by atoms with van der Waals surface area (Å²) < 4.78 is 9.14. The number of carboxylic acids is 1. The van der Waals surface area contributed by atoms with Crippen LogP contribution in [0.1, 0.15) is 17.3 Å². The van der Waals surface area contributed by atoms with Crippen molar-refractivity contribution in [3.8, 4) is 0 Å². The van der Waals surface area contributed by atoms with Gasteiger partial charge in [-0.15, -0.1) is 0 Å². The number of nitrogens with zero attached hydrogens (tertiary/aromatic N) is 1. The Kier molecular flexibility index (Phi) is 6.64. The molecule has 0 bridgehead atoms. The van der Waals surface area contributed by atoms with Crippen LogP contribution < -0.4 is 5.32 Å². The maximum atomic E-state index is 12.6. The number of rotatable bonds is 7. The van der Waals surface area contributed by atoms with Crippen molar-refractivity contribution in [1.29, 1.82) is 0 Å². The number of fused-ring (bicyclic) bond motifs is 1. The summed E-state index contributed by atoms with van der Waals surface area (Å²) >= 11 is 0. The van der Waals surface area contributed by atoms with Gasteiger partial charge in [-0.3, -0.25) is 19.4 Å². The SMILES string of the molecule is COC(=O)C(C(=O)OC)[C@@H](C)[C@H](NC(=O)c1cnc2ccccc2c1)C(=O)O. The third kappa shape index (κ3) is 4.43. The number of carbonyl (C=O) groups is 4. The fourth-order valence-electron chi connectivity index (χ4n) is 2.81. The van der Waals surface area contributed by atoms with Crippen molar-refractivity contribution in [2.75, 3.05) is 14.2 Å². The summed E-state index contributed by atoms with van der Waals surface area (Å²) in [4.78, 5) is 52.3. The Bertz CT molecular complexity index is 896. The zero-order chi connectivity index (χ0) is 20.8. The topological polar surface area (TPSA) is 132 Å². The van der Waals surface area contributed by atoms with Gasteiger partial charge in [0, 0.05) is 17.5 Å². The van der Waals surface area contributed by atoms with Gasteiger partial charge >= 0.3 is 17.9 Å². The van der Waals surface area contributed by atoms with Crippen LogP contribution in [0.4, 0.5) is 0 Å². The van der Waals surface area contributed by atoms with Crippen LogP contribution in [0.15, 0.2) is 36.5 Å². The lowest BCUT2D eigenvalue weighted by atomic mass is 9.87. The molecule has 0 aliphatic heterocycles. The lowest BCUT2D eigenvalue weighted by Crippen LogP contribution is -2.50. The van der Waals surface area contributed by atoms with Crippen molar-refractivity contribution in [2.24, 2.45) is 11.8 Å². The minimum Gasteiger partial charge on any atom is -0.480 e. The number of hydrogen-bond acceptors (Lipinski definition) is 7. The second-order valence-corrected chi connectivity index (χ2v) is 6.09. The van der Waals surface area contributed by atoms with E-state index in [0.717, 1.165) is 14.2 Å². The molecule has 0 aliphatic carbocycles. The molecular weight excluding hydrogens is 368 g/mol. The number of para-hydroxylation sites is 1. The first-order chi connectivity index (χ1) is 13.3. The molecule has 0 spiro atoms. The van der Waals surface area contributed by atoms with Crippen molar-refractivity contribution in [3.63, 3.8) is 0 Å². The predicted octanol–water partition coefficient (Wildman–Crippen LogP) is 1.02. The van der Waals surface area contributed by atoms with Crippen LogP contribution in [0.3, 0.4) is 0 Å². The van der Waals surface area contributed by atoms with Crippen molar-refractivity contribution in [1.82, 2.24) is 10.3 Å². The molecule has 1 aromatic heterocycles. The normalized spacial score (nSPS) is 12.9. The van der Waals surface area contributed by atoms with Gasteiger partial charge in [-0.2, -0.15) is 0 Å². The predicted molar refractivity (Wildman–Crippen MR) is 97.3 cm³/mol. The first-order valence-corrected chi connectivity index (χ1v) is 8.34. The summed E-state index contributed by atoms with van der Waals surface area (Å²) in [6, 6.07) is 7.15. The number of nitrogens with one attached hydrogen (secondary N) is 1. The molecule has 28 heavy (non-hydrogen) atoms. The summed E-state index contributed by atoms with van der Waals surface area (Å²) in [5.74, 6) is -6.65. The van der Waals surface area contributed by atoms with Crippen LogP contribution in [0.25, 0.3) is 10.9 Å². The molecule has 1 amide bonds. The molecule has 2 rings (SSSR count). The van der Waals surface area contributed by atoms with E-state index in [2.05, 4.69) is 19.8 Å². The van der Waals surface area contributed by atoms with Gasteiger partial charge in [0.25, 0.3) is 5.91 Å². The molecule has 2 N–H and O–H groups in total. The van der Waals surface area contributed by atoms with E-state index in [0.29, 0.717) is 10.9 Å². The number of amides is 1. The lowest BCUT2D eigenvalue weighted by molar-refractivity contribution is -0.162. The van der Waals surface area contributed by atoms with Gasteiger partial charge in [0.2, 0.25) is 0 Å². The molecule has 0 unspecified atom stereocenters. The molecule has 0 saturated carbocycles. The number of methoxy groups -OCH3 is 2. The number of aromatic nitrogens is 1. The van der Waals surface area contributed by atoms with Gasteiger partial charge in [-0.1, -0.05) is 25.1 Å². The van der Waals surface area contributed by atoms with Gasteiger partial charge < -0.3 is 19.9 Å². The van der Waals surface area contributed by atoms with Gasteiger partial charge in [0.1, 0.15) is 6.04 Å². The standard InChI is InChI=1S/C19H20N2O7/c1-10(14(18(25)27-2)19(26)28-3)15(17(23)24)21-16(22)12-8-11-6-4-5-7-13(11)20-9-12/h4-10,14-15H,1-3H3,(H,21,22)(H,23,24)/t10-,15+/m1/s1. The fourth-order valence-corrected chi connectivity index (χ4v) is 2.81. The minimum atomic E-state index is -1.54. The monoisotopic (exact) mass is 388 g/mol. The number of hydrogen-bond donors (Lipinski definition) is 2. The van der Waals surface area contributed by atoms with Crippen LogP contribution >= 0.6 is 0 Å². The van der Waals surface area contributed by atoms with Crippen LogP contribution in [0.2, 0.25) is 0 Å². The number of pyridine rings is 1. The molecule has 148 valence electrons. The number of carboxylic acid groups (broad SMARTS) is 1. The highest BCUT2D eigenvalue weighted by Gasteiger charge is 2.42. The Labute approximate surface area is 160 Å². The van der Waals surface area contributed by atoms with Gasteiger partial charge in [-0.25, -0.2) is 4.79 Å². The quantitative estimate of drug-likeness (QED) is 0.531. The first-order valence-electron chi connectivity index (χ1n) is 8.34. The number of benzene rings is 1. The number of aliphatic carboxylic acids is 1. The zero-order valence-corrected chi connectivity index (χ0v) is 15.5. The van der Waals surface area contributed by atoms with Gasteiger partial charge in [-0.05, 0) is 12.1 Å². The molecular formula is C19H20N2O7. The molecule has 0 saturated heterocycles. The van der Waals surface area contributed by atoms with Crippen molar-refractivity contribution in [3.05, 3.63) is 42.1 Å². The first kappa shape index (κ1) is 20.8. The summed E-state index contributed by atoms with van der Waals surface area (Å²) in [5, 5.41) is 12.6. The van der Waals surface area contributed by atoms with E-state index < -0.39 is 41.7 Å². The number of ether oxygens (including phenoxy) is 2. The molecule has 1 aromatic carbocycles. The molecule has 1 heterocycles. The Morgan fingerprint density at radius 2 is 1.68 bits per heavy atom. The lowest BCUT2D eigenvalue weighted by Gasteiger charge is -2.26. The maximum absolute atomic E-state index is 12.6. The largest absolute Gasteiger partial charge is 0.480 e. The van der Waals surface area contributed by atoms with Crippen LogP contribution in [-0.2, 0) is 23.9 Å². The second kappa shape index (κ2) is 8.94. The molecule has 0 aliphatic rings. The van der Waals surface area contributed by atoms with E-state index in [1.54, 1.807) is 30.3 Å². The van der Waals surface area contributed by atoms with Crippen molar-refractivity contribution in [2.45, 2.75) is 13.0 Å². The number of carbonyl (C=O) groups excluding carboxylic acids is 3.